The second-order valence-corrected chi connectivity index (χ2v) is 7.71. The summed E-state index contributed by atoms with van der Waals surface area (Å²) in [5, 5.41) is 5.57. The Morgan fingerprint density at radius 3 is 2.45 bits per heavy atom. The molecular weight excluding hydrogens is 429 g/mol. The van der Waals surface area contributed by atoms with Gasteiger partial charge in [-0.15, -0.1) is 0 Å². The van der Waals surface area contributed by atoms with Crippen LogP contribution in [0.2, 0.25) is 0 Å². The lowest BCUT2D eigenvalue weighted by Gasteiger charge is -2.24. The Balaban J connectivity index is 1.82. The molecule has 2 atom stereocenters. The zero-order chi connectivity index (χ0) is 23.8. The average Bonchev–Trinajstić information content (AvgIpc) is 3.12. The molecule has 1 heterocycles. The van der Waals surface area contributed by atoms with Crippen LogP contribution in [0.5, 0.6) is 0 Å². The van der Waals surface area contributed by atoms with Crippen LogP contribution in [-0.2, 0) is 25.6 Å². The van der Waals surface area contributed by atoms with E-state index in [9.17, 15) is 18.8 Å². The molecule has 0 radical (unpaired) electrons. The largest absolute Gasteiger partial charge is 0.438 e. The van der Waals surface area contributed by atoms with Crippen molar-refractivity contribution in [1.29, 1.82) is 0 Å². The molecule has 2 N–H and O–H groups in total. The molecule has 0 saturated carbocycles. The van der Waals surface area contributed by atoms with Crippen molar-refractivity contribution in [3.05, 3.63) is 65.5 Å². The third-order valence-electron chi connectivity index (χ3n) is 5.23. The topological polar surface area (TPSA) is 97.0 Å². The predicted molar refractivity (Wildman–Crippen MR) is 120 cm³/mol. The molecule has 2 aromatic rings. The monoisotopic (exact) mass is 457 g/mol. The minimum absolute atomic E-state index is 0.0848. The molecule has 176 valence electrons. The van der Waals surface area contributed by atoms with Crippen LogP contribution < -0.4 is 10.6 Å². The standard InChI is InChI=1S/C24H28FN3O5/c1-3-4-20(29)27-19-11-7-17(8-12-19)22-21(23(30)26-13-14-32-2)28(24(31)33-22)15-16-5-9-18(25)10-6-16/h5-12,21-22H,3-4,13-15H2,1-2H3,(H,26,30)(H,27,29). The maximum atomic E-state index is 13.3. The molecule has 0 bridgehead atoms. The van der Waals surface area contributed by atoms with Crippen LogP contribution in [0.1, 0.15) is 37.0 Å². The molecule has 33 heavy (non-hydrogen) atoms. The smallest absolute Gasteiger partial charge is 0.411 e. The van der Waals surface area contributed by atoms with Crippen molar-refractivity contribution in [2.75, 3.05) is 25.6 Å². The van der Waals surface area contributed by atoms with Crippen molar-refractivity contribution in [3.8, 4) is 0 Å². The maximum Gasteiger partial charge on any atom is 0.411 e. The van der Waals surface area contributed by atoms with Gasteiger partial charge in [-0.25, -0.2) is 9.18 Å². The molecular formula is C24H28FN3O5. The van der Waals surface area contributed by atoms with Gasteiger partial charge in [0.25, 0.3) is 0 Å². The Morgan fingerprint density at radius 2 is 1.82 bits per heavy atom. The number of ether oxygens (including phenoxy) is 2. The van der Waals surface area contributed by atoms with E-state index in [4.69, 9.17) is 9.47 Å². The number of methoxy groups -OCH3 is 1. The van der Waals surface area contributed by atoms with E-state index in [0.717, 1.165) is 6.42 Å². The Kier molecular flexibility index (Phi) is 8.37. The number of carbonyl (C=O) groups is 3. The molecule has 9 heteroatoms. The van der Waals surface area contributed by atoms with E-state index in [1.807, 2.05) is 6.92 Å². The van der Waals surface area contributed by atoms with Gasteiger partial charge in [0.2, 0.25) is 11.8 Å². The van der Waals surface area contributed by atoms with Crippen molar-refractivity contribution in [2.45, 2.75) is 38.5 Å². The molecule has 2 unspecified atom stereocenters. The Morgan fingerprint density at radius 1 is 1.12 bits per heavy atom. The van der Waals surface area contributed by atoms with Gasteiger partial charge >= 0.3 is 6.09 Å². The third-order valence-corrected chi connectivity index (χ3v) is 5.23. The summed E-state index contributed by atoms with van der Waals surface area (Å²) in [5.74, 6) is -0.857. The summed E-state index contributed by atoms with van der Waals surface area (Å²) in [4.78, 5) is 38.9. The van der Waals surface area contributed by atoms with Gasteiger partial charge < -0.3 is 20.1 Å². The summed E-state index contributed by atoms with van der Waals surface area (Å²) in [6.45, 7) is 2.61. The van der Waals surface area contributed by atoms with Gasteiger partial charge in [0.15, 0.2) is 12.1 Å². The van der Waals surface area contributed by atoms with Gasteiger partial charge in [-0.2, -0.15) is 0 Å². The predicted octanol–water partition coefficient (Wildman–Crippen LogP) is 3.39. The minimum Gasteiger partial charge on any atom is -0.438 e. The highest BCUT2D eigenvalue weighted by atomic mass is 19.1. The lowest BCUT2D eigenvalue weighted by atomic mass is 10.00. The number of cyclic esters (lactones) is 1. The van der Waals surface area contributed by atoms with Gasteiger partial charge in [0, 0.05) is 25.8 Å². The van der Waals surface area contributed by atoms with Gasteiger partial charge in [0.05, 0.1) is 13.2 Å². The van der Waals surface area contributed by atoms with Crippen LogP contribution in [-0.4, -0.2) is 49.1 Å². The Bertz CT molecular complexity index is 965. The zero-order valence-corrected chi connectivity index (χ0v) is 18.7. The van der Waals surface area contributed by atoms with Crippen LogP contribution >= 0.6 is 0 Å². The molecule has 1 aliphatic heterocycles. The molecule has 0 aliphatic carbocycles. The first-order chi connectivity index (χ1) is 15.9. The van der Waals surface area contributed by atoms with Crippen molar-refractivity contribution < 1.29 is 28.2 Å². The molecule has 1 fully saturated rings. The number of benzene rings is 2. The highest BCUT2D eigenvalue weighted by Crippen LogP contribution is 2.34. The highest BCUT2D eigenvalue weighted by Gasteiger charge is 2.46. The van der Waals surface area contributed by atoms with Crippen molar-refractivity contribution in [3.63, 3.8) is 0 Å². The molecule has 1 aliphatic rings. The number of carbonyl (C=O) groups excluding carboxylic acids is 3. The number of anilines is 1. The fourth-order valence-corrected chi connectivity index (χ4v) is 3.58. The quantitative estimate of drug-likeness (QED) is 0.533. The lowest BCUT2D eigenvalue weighted by Crippen LogP contribution is -2.47. The Hall–Kier alpha value is -3.46. The third kappa shape index (κ3) is 6.29. The van der Waals surface area contributed by atoms with Crippen LogP contribution in [0.25, 0.3) is 0 Å². The van der Waals surface area contributed by atoms with Crippen molar-refractivity contribution in [1.82, 2.24) is 10.2 Å². The molecule has 0 aromatic heterocycles. The number of hydrogen-bond donors (Lipinski definition) is 2. The summed E-state index contributed by atoms with van der Waals surface area (Å²) >= 11 is 0. The maximum absolute atomic E-state index is 13.3. The number of halogens is 1. The highest BCUT2D eigenvalue weighted by molar-refractivity contribution is 5.91. The van der Waals surface area contributed by atoms with Crippen LogP contribution in [0.4, 0.5) is 14.9 Å². The molecule has 3 rings (SSSR count). The molecule has 2 aromatic carbocycles. The molecule has 0 spiro atoms. The second kappa shape index (κ2) is 11.4. The fraction of sp³-hybridized carbons (Fsp3) is 0.375. The zero-order valence-electron chi connectivity index (χ0n) is 18.7. The van der Waals surface area contributed by atoms with E-state index in [-0.39, 0.29) is 30.7 Å². The number of nitrogens with zero attached hydrogens (tertiary/aromatic N) is 1. The van der Waals surface area contributed by atoms with Crippen LogP contribution in [0.15, 0.2) is 48.5 Å². The molecule has 3 amide bonds. The van der Waals surface area contributed by atoms with E-state index in [1.54, 1.807) is 36.4 Å². The Labute approximate surface area is 192 Å². The first-order valence-electron chi connectivity index (χ1n) is 10.8. The lowest BCUT2D eigenvalue weighted by molar-refractivity contribution is -0.126. The van der Waals surface area contributed by atoms with Gasteiger partial charge in [-0.1, -0.05) is 31.2 Å². The van der Waals surface area contributed by atoms with Gasteiger partial charge in [-0.3, -0.25) is 14.5 Å². The summed E-state index contributed by atoms with van der Waals surface area (Å²) < 4.78 is 23.9. The summed E-state index contributed by atoms with van der Waals surface area (Å²) in [7, 11) is 1.53. The van der Waals surface area contributed by atoms with Crippen molar-refractivity contribution >= 4 is 23.6 Å². The molecule has 1 saturated heterocycles. The molecule has 8 nitrogen and oxygen atoms in total. The number of hydrogen-bond acceptors (Lipinski definition) is 5. The van der Waals surface area contributed by atoms with Gasteiger partial charge in [-0.05, 0) is 41.8 Å². The summed E-state index contributed by atoms with van der Waals surface area (Å²) in [5.41, 5.74) is 1.90. The van der Waals surface area contributed by atoms with Crippen molar-refractivity contribution in [2.24, 2.45) is 0 Å². The number of amides is 3. The number of rotatable bonds is 10. The van der Waals surface area contributed by atoms with E-state index in [0.29, 0.717) is 29.8 Å². The average molecular weight is 458 g/mol. The van der Waals surface area contributed by atoms with E-state index in [1.165, 1.54) is 24.1 Å². The SMILES string of the molecule is CCCC(=O)Nc1ccc(C2OC(=O)N(Cc3ccc(F)cc3)C2C(=O)NCCOC)cc1. The first kappa shape index (κ1) is 24.2. The van der Waals surface area contributed by atoms with Crippen LogP contribution in [0.3, 0.4) is 0 Å². The summed E-state index contributed by atoms with van der Waals surface area (Å²) in [6, 6.07) is 11.6. The van der Waals surface area contributed by atoms with Gasteiger partial charge in [0.1, 0.15) is 5.82 Å². The van der Waals surface area contributed by atoms with E-state index in [2.05, 4.69) is 10.6 Å². The number of nitrogens with one attached hydrogen (secondary N) is 2. The van der Waals surface area contributed by atoms with Crippen LogP contribution in [0, 0.1) is 5.82 Å². The normalized spacial score (nSPS) is 17.5. The second-order valence-electron chi connectivity index (χ2n) is 7.71. The minimum atomic E-state index is -0.931. The first-order valence-corrected chi connectivity index (χ1v) is 10.8. The summed E-state index contributed by atoms with van der Waals surface area (Å²) in [6.07, 6.45) is -0.326. The van der Waals surface area contributed by atoms with E-state index < -0.39 is 18.2 Å². The van der Waals surface area contributed by atoms with E-state index >= 15 is 0 Å². The fourth-order valence-electron chi connectivity index (χ4n) is 3.58.